The number of rotatable bonds is 4. The van der Waals surface area contributed by atoms with E-state index in [0.717, 1.165) is 11.1 Å². The first kappa shape index (κ1) is 17.7. The fourth-order valence-corrected chi connectivity index (χ4v) is 2.94. The normalized spacial score (nSPS) is 20.5. The summed E-state index contributed by atoms with van der Waals surface area (Å²) in [7, 11) is 0. The number of nitrogens with one attached hydrogen (secondary N) is 2. The van der Waals surface area contributed by atoms with Crippen LogP contribution in [-0.4, -0.2) is 22.9 Å². The summed E-state index contributed by atoms with van der Waals surface area (Å²) in [5.41, 5.74) is 3.21. The van der Waals surface area contributed by atoms with Crippen molar-refractivity contribution in [1.29, 1.82) is 0 Å². The third kappa shape index (κ3) is 4.22. The van der Waals surface area contributed by atoms with Crippen molar-refractivity contribution in [3.63, 3.8) is 0 Å². The SMILES string of the molecule is CC(=O)Nc1cccc(NC(=O)[C@@H]2CC(C)=C(C)C[C@@H]2C(=O)O)c1. The van der Waals surface area contributed by atoms with Crippen LogP contribution in [0.1, 0.15) is 33.6 Å². The minimum Gasteiger partial charge on any atom is -0.481 e. The van der Waals surface area contributed by atoms with Gasteiger partial charge in [0.25, 0.3) is 0 Å². The molecule has 6 nitrogen and oxygen atoms in total. The second-order valence-electron chi connectivity index (χ2n) is 6.27. The molecule has 2 rings (SSSR count). The molecule has 0 saturated carbocycles. The second kappa shape index (κ2) is 7.29. The van der Waals surface area contributed by atoms with Crippen molar-refractivity contribution in [2.24, 2.45) is 11.8 Å². The molecule has 0 unspecified atom stereocenters. The monoisotopic (exact) mass is 330 g/mol. The molecule has 0 fully saturated rings. The van der Waals surface area contributed by atoms with Gasteiger partial charge in [0, 0.05) is 18.3 Å². The van der Waals surface area contributed by atoms with Gasteiger partial charge in [-0.2, -0.15) is 0 Å². The molecule has 1 aliphatic rings. The van der Waals surface area contributed by atoms with Crippen LogP contribution in [0.15, 0.2) is 35.4 Å². The van der Waals surface area contributed by atoms with E-state index in [-0.39, 0.29) is 11.8 Å². The van der Waals surface area contributed by atoms with Gasteiger partial charge in [0.1, 0.15) is 0 Å². The number of amides is 2. The number of carbonyl (C=O) groups is 3. The average Bonchev–Trinajstić information content (AvgIpc) is 2.49. The number of allylic oxidation sites excluding steroid dienone is 2. The second-order valence-corrected chi connectivity index (χ2v) is 6.27. The van der Waals surface area contributed by atoms with Gasteiger partial charge < -0.3 is 15.7 Å². The van der Waals surface area contributed by atoms with Gasteiger partial charge in [-0.1, -0.05) is 17.2 Å². The molecule has 0 bridgehead atoms. The van der Waals surface area contributed by atoms with Gasteiger partial charge in [0.05, 0.1) is 11.8 Å². The van der Waals surface area contributed by atoms with Crippen LogP contribution in [0, 0.1) is 11.8 Å². The van der Waals surface area contributed by atoms with E-state index in [1.165, 1.54) is 6.92 Å². The van der Waals surface area contributed by atoms with E-state index in [9.17, 15) is 19.5 Å². The Morgan fingerprint density at radius 1 is 1.00 bits per heavy atom. The Balaban J connectivity index is 2.16. The molecule has 2 atom stereocenters. The van der Waals surface area contributed by atoms with Gasteiger partial charge in [0.15, 0.2) is 0 Å². The van der Waals surface area contributed by atoms with Crippen molar-refractivity contribution < 1.29 is 19.5 Å². The quantitative estimate of drug-likeness (QED) is 0.739. The number of carbonyl (C=O) groups excluding carboxylic acids is 2. The van der Waals surface area contributed by atoms with Crippen molar-refractivity contribution in [1.82, 2.24) is 0 Å². The summed E-state index contributed by atoms with van der Waals surface area (Å²) in [6.07, 6.45) is 0.838. The standard InChI is InChI=1S/C18H22N2O4/c1-10-7-15(16(18(23)24)8-11(10)2)17(22)20-14-6-4-5-13(9-14)19-12(3)21/h4-6,9,15-16H,7-8H2,1-3H3,(H,19,21)(H,20,22)(H,23,24)/t15-,16+/m1/s1. The lowest BCUT2D eigenvalue weighted by atomic mass is 9.76. The van der Waals surface area contributed by atoms with E-state index in [0.29, 0.717) is 24.2 Å². The molecule has 0 radical (unpaired) electrons. The van der Waals surface area contributed by atoms with E-state index >= 15 is 0 Å². The molecule has 0 aliphatic heterocycles. The van der Waals surface area contributed by atoms with Gasteiger partial charge in [-0.25, -0.2) is 0 Å². The van der Waals surface area contributed by atoms with E-state index in [1.807, 2.05) is 13.8 Å². The summed E-state index contributed by atoms with van der Waals surface area (Å²) in [5.74, 6) is -2.78. The Kier molecular flexibility index (Phi) is 5.39. The molecule has 6 heteroatoms. The first-order chi connectivity index (χ1) is 11.3. The van der Waals surface area contributed by atoms with Crippen molar-refractivity contribution in [2.45, 2.75) is 33.6 Å². The Hall–Kier alpha value is -2.63. The van der Waals surface area contributed by atoms with Crippen LogP contribution in [0.4, 0.5) is 11.4 Å². The third-order valence-corrected chi connectivity index (χ3v) is 4.37. The van der Waals surface area contributed by atoms with Crippen molar-refractivity contribution in [3.8, 4) is 0 Å². The molecule has 0 heterocycles. The first-order valence-electron chi connectivity index (χ1n) is 7.84. The fraction of sp³-hybridized carbons (Fsp3) is 0.389. The number of aliphatic carboxylic acids is 1. The number of carboxylic acid groups (broad SMARTS) is 1. The van der Waals surface area contributed by atoms with Crippen LogP contribution < -0.4 is 10.6 Å². The summed E-state index contributed by atoms with van der Waals surface area (Å²) in [6.45, 7) is 5.25. The number of carboxylic acids is 1. The largest absolute Gasteiger partial charge is 0.481 e. The number of hydrogen-bond donors (Lipinski definition) is 3. The zero-order valence-electron chi connectivity index (χ0n) is 14.1. The highest BCUT2D eigenvalue weighted by Crippen LogP contribution is 2.35. The molecule has 1 aromatic rings. The predicted molar refractivity (Wildman–Crippen MR) is 91.6 cm³/mol. The molecule has 0 aromatic heterocycles. The first-order valence-corrected chi connectivity index (χ1v) is 7.84. The van der Waals surface area contributed by atoms with E-state index in [4.69, 9.17) is 0 Å². The number of benzene rings is 1. The van der Waals surface area contributed by atoms with Crippen molar-refractivity contribution in [3.05, 3.63) is 35.4 Å². The van der Waals surface area contributed by atoms with Gasteiger partial charge in [-0.15, -0.1) is 0 Å². The van der Waals surface area contributed by atoms with Crippen LogP contribution >= 0.6 is 0 Å². The number of hydrogen-bond acceptors (Lipinski definition) is 3. The highest BCUT2D eigenvalue weighted by Gasteiger charge is 2.37. The van der Waals surface area contributed by atoms with Gasteiger partial charge in [0.2, 0.25) is 11.8 Å². The maximum absolute atomic E-state index is 12.6. The Morgan fingerprint density at radius 3 is 2.08 bits per heavy atom. The minimum atomic E-state index is -0.950. The molecule has 0 saturated heterocycles. The average molecular weight is 330 g/mol. The van der Waals surface area contributed by atoms with E-state index in [2.05, 4.69) is 10.6 Å². The summed E-state index contributed by atoms with van der Waals surface area (Å²) in [4.78, 5) is 35.2. The van der Waals surface area contributed by atoms with Crippen molar-refractivity contribution in [2.75, 3.05) is 10.6 Å². The number of anilines is 2. The summed E-state index contributed by atoms with van der Waals surface area (Å²) in [5, 5.41) is 14.8. The molecule has 2 amide bonds. The van der Waals surface area contributed by atoms with Crippen LogP contribution in [-0.2, 0) is 14.4 Å². The van der Waals surface area contributed by atoms with E-state index in [1.54, 1.807) is 24.3 Å². The Bertz CT molecular complexity index is 709. The van der Waals surface area contributed by atoms with Gasteiger partial charge in [-0.05, 0) is 44.9 Å². The van der Waals surface area contributed by atoms with Gasteiger partial charge in [-0.3, -0.25) is 14.4 Å². The van der Waals surface area contributed by atoms with E-state index < -0.39 is 17.8 Å². The highest BCUT2D eigenvalue weighted by atomic mass is 16.4. The molecule has 24 heavy (non-hydrogen) atoms. The van der Waals surface area contributed by atoms with Crippen LogP contribution in [0.2, 0.25) is 0 Å². The molecular weight excluding hydrogens is 308 g/mol. The molecular formula is C18H22N2O4. The smallest absolute Gasteiger partial charge is 0.307 e. The van der Waals surface area contributed by atoms with Crippen LogP contribution in [0.25, 0.3) is 0 Å². The lowest BCUT2D eigenvalue weighted by Gasteiger charge is -2.29. The van der Waals surface area contributed by atoms with Crippen LogP contribution in [0.5, 0.6) is 0 Å². The lowest BCUT2D eigenvalue weighted by molar-refractivity contribution is -0.146. The minimum absolute atomic E-state index is 0.201. The maximum Gasteiger partial charge on any atom is 0.307 e. The maximum atomic E-state index is 12.6. The molecule has 1 aromatic carbocycles. The molecule has 128 valence electrons. The molecule has 3 N–H and O–H groups in total. The molecule has 0 spiro atoms. The van der Waals surface area contributed by atoms with Gasteiger partial charge >= 0.3 is 5.97 Å². The summed E-state index contributed by atoms with van der Waals surface area (Å²) in [6, 6.07) is 6.78. The lowest BCUT2D eigenvalue weighted by Crippen LogP contribution is -2.36. The zero-order chi connectivity index (χ0) is 17.9. The van der Waals surface area contributed by atoms with Crippen molar-refractivity contribution >= 4 is 29.2 Å². The summed E-state index contributed by atoms with van der Waals surface area (Å²) >= 11 is 0. The Labute approximate surface area is 140 Å². The molecule has 1 aliphatic carbocycles. The predicted octanol–water partition coefficient (Wildman–Crippen LogP) is 3.03. The third-order valence-electron chi connectivity index (χ3n) is 4.37. The highest BCUT2D eigenvalue weighted by molar-refractivity contribution is 5.96. The zero-order valence-corrected chi connectivity index (χ0v) is 14.1. The summed E-state index contributed by atoms with van der Waals surface area (Å²) < 4.78 is 0. The Morgan fingerprint density at radius 2 is 1.54 bits per heavy atom. The fourth-order valence-electron chi connectivity index (χ4n) is 2.94. The van der Waals surface area contributed by atoms with Crippen LogP contribution in [0.3, 0.4) is 0 Å². The topological polar surface area (TPSA) is 95.5 Å².